The normalized spacial score (nSPS) is 19.1. The monoisotopic (exact) mass is 327 g/mol. The number of aryl methyl sites for hydroxylation is 1. The Morgan fingerprint density at radius 3 is 3.00 bits per heavy atom. The fraction of sp³-hybridized carbons (Fsp3) is 0.474. The average Bonchev–Trinajstić information content (AvgIpc) is 3.15. The number of aromatic nitrogens is 2. The number of aromatic amines is 1. The maximum absolute atomic E-state index is 12.9. The zero-order valence-electron chi connectivity index (χ0n) is 14.4. The number of para-hydroxylation sites is 1. The molecule has 2 atom stereocenters. The molecule has 3 rings (SSSR count). The van der Waals surface area contributed by atoms with Crippen LogP contribution in [0.5, 0.6) is 5.75 Å². The number of hydrogen-bond donors (Lipinski definition) is 1. The second kappa shape index (κ2) is 7.51. The number of benzene rings is 1. The third-order valence-corrected chi connectivity index (χ3v) is 4.65. The first-order chi connectivity index (χ1) is 11.7. The second-order valence-electron chi connectivity index (χ2n) is 6.38. The first-order valence-corrected chi connectivity index (χ1v) is 8.69. The molecule has 2 aromatic rings. The number of amides is 1. The molecule has 1 saturated heterocycles. The number of ether oxygens (including phenoxy) is 1. The molecule has 1 aromatic carbocycles. The molecule has 1 aromatic heterocycles. The van der Waals surface area contributed by atoms with E-state index in [1.165, 1.54) is 0 Å². The average molecular weight is 327 g/mol. The van der Waals surface area contributed by atoms with Crippen LogP contribution in [0.4, 0.5) is 0 Å². The number of likely N-dealkylation sites (tertiary alicyclic amines) is 1. The van der Waals surface area contributed by atoms with Crippen LogP contribution in [-0.4, -0.2) is 40.0 Å². The van der Waals surface area contributed by atoms with E-state index >= 15 is 0 Å². The number of imidazole rings is 1. The van der Waals surface area contributed by atoms with Crippen LogP contribution in [0.3, 0.4) is 0 Å². The molecule has 1 aliphatic rings. The molecule has 0 spiro atoms. The van der Waals surface area contributed by atoms with Gasteiger partial charge >= 0.3 is 0 Å². The van der Waals surface area contributed by atoms with Gasteiger partial charge in [-0.25, -0.2) is 4.98 Å². The van der Waals surface area contributed by atoms with Crippen molar-refractivity contribution in [1.29, 1.82) is 0 Å². The molecule has 24 heavy (non-hydrogen) atoms. The van der Waals surface area contributed by atoms with E-state index < -0.39 is 6.10 Å². The topological polar surface area (TPSA) is 58.2 Å². The molecule has 0 radical (unpaired) electrons. The van der Waals surface area contributed by atoms with Gasteiger partial charge in [0.05, 0.1) is 0 Å². The van der Waals surface area contributed by atoms with E-state index in [0.717, 1.165) is 36.5 Å². The molecule has 1 aliphatic heterocycles. The lowest BCUT2D eigenvalue weighted by molar-refractivity contribution is -0.140. The smallest absolute Gasteiger partial charge is 0.263 e. The SMILES string of the molecule is CC[C@@H](Oc1ccccc1C)C(=O)N1CCC[C@H](c2ncc[nH]2)C1. The molecule has 128 valence electrons. The Labute approximate surface area is 143 Å². The van der Waals surface area contributed by atoms with Gasteiger partial charge in [0.2, 0.25) is 0 Å². The van der Waals surface area contributed by atoms with Crippen LogP contribution < -0.4 is 4.74 Å². The van der Waals surface area contributed by atoms with Crippen molar-refractivity contribution in [3.05, 3.63) is 48.0 Å². The van der Waals surface area contributed by atoms with Crippen molar-refractivity contribution >= 4 is 5.91 Å². The van der Waals surface area contributed by atoms with Crippen molar-refractivity contribution in [2.24, 2.45) is 0 Å². The van der Waals surface area contributed by atoms with Crippen molar-refractivity contribution in [2.75, 3.05) is 13.1 Å². The number of hydrogen-bond acceptors (Lipinski definition) is 3. The van der Waals surface area contributed by atoms with Crippen molar-refractivity contribution in [3.63, 3.8) is 0 Å². The second-order valence-corrected chi connectivity index (χ2v) is 6.38. The van der Waals surface area contributed by atoms with Crippen LogP contribution in [0, 0.1) is 6.92 Å². The molecule has 1 N–H and O–H groups in total. The highest BCUT2D eigenvalue weighted by molar-refractivity contribution is 5.81. The predicted octanol–water partition coefficient (Wildman–Crippen LogP) is 3.28. The van der Waals surface area contributed by atoms with Crippen molar-refractivity contribution < 1.29 is 9.53 Å². The summed E-state index contributed by atoms with van der Waals surface area (Å²) >= 11 is 0. The molecule has 1 fully saturated rings. The van der Waals surface area contributed by atoms with Crippen LogP contribution in [0.25, 0.3) is 0 Å². The summed E-state index contributed by atoms with van der Waals surface area (Å²) in [5, 5.41) is 0. The van der Waals surface area contributed by atoms with E-state index in [-0.39, 0.29) is 11.8 Å². The lowest BCUT2D eigenvalue weighted by atomic mass is 9.97. The van der Waals surface area contributed by atoms with Gasteiger partial charge in [-0.1, -0.05) is 25.1 Å². The van der Waals surface area contributed by atoms with Crippen molar-refractivity contribution in [2.45, 2.75) is 45.1 Å². The highest BCUT2D eigenvalue weighted by Crippen LogP contribution is 2.26. The Bertz CT molecular complexity index is 669. The van der Waals surface area contributed by atoms with E-state index in [1.807, 2.05) is 49.2 Å². The summed E-state index contributed by atoms with van der Waals surface area (Å²) in [6.07, 6.45) is 5.90. The fourth-order valence-corrected chi connectivity index (χ4v) is 3.26. The molecular formula is C19H25N3O2. The Kier molecular flexibility index (Phi) is 5.18. The summed E-state index contributed by atoms with van der Waals surface area (Å²) in [5.41, 5.74) is 1.05. The third kappa shape index (κ3) is 3.61. The minimum absolute atomic E-state index is 0.0806. The summed E-state index contributed by atoms with van der Waals surface area (Å²) in [6, 6.07) is 7.84. The third-order valence-electron chi connectivity index (χ3n) is 4.65. The van der Waals surface area contributed by atoms with Gasteiger partial charge in [-0.2, -0.15) is 0 Å². The summed E-state index contributed by atoms with van der Waals surface area (Å²) in [6.45, 7) is 5.50. The number of nitrogens with one attached hydrogen (secondary N) is 1. The molecule has 0 bridgehead atoms. The van der Waals surface area contributed by atoms with Crippen LogP contribution >= 0.6 is 0 Å². The van der Waals surface area contributed by atoms with Crippen LogP contribution in [0.1, 0.15) is 43.5 Å². The van der Waals surface area contributed by atoms with Gasteiger partial charge in [0, 0.05) is 31.4 Å². The minimum Gasteiger partial charge on any atom is -0.480 e. The maximum atomic E-state index is 12.9. The Balaban J connectivity index is 1.68. The molecule has 1 amide bonds. The summed E-state index contributed by atoms with van der Waals surface area (Å²) < 4.78 is 6.02. The first kappa shape index (κ1) is 16.6. The van der Waals surface area contributed by atoms with E-state index in [4.69, 9.17) is 4.74 Å². The lowest BCUT2D eigenvalue weighted by Gasteiger charge is -2.34. The van der Waals surface area contributed by atoms with Gasteiger partial charge in [0.15, 0.2) is 6.10 Å². The zero-order valence-corrected chi connectivity index (χ0v) is 14.4. The van der Waals surface area contributed by atoms with E-state index in [1.54, 1.807) is 6.20 Å². The molecule has 5 nitrogen and oxygen atoms in total. The standard InChI is InChI=1S/C19H25N3O2/c1-3-16(24-17-9-5-4-7-14(17)2)19(23)22-12-6-8-15(13-22)18-20-10-11-21-18/h4-5,7,9-11,15-16H,3,6,8,12-13H2,1-2H3,(H,20,21)/t15-,16+/m0/s1. The van der Waals surface area contributed by atoms with E-state index in [0.29, 0.717) is 13.0 Å². The number of nitrogens with zero attached hydrogens (tertiary/aromatic N) is 2. The number of H-pyrrole nitrogens is 1. The first-order valence-electron chi connectivity index (χ1n) is 8.69. The van der Waals surface area contributed by atoms with Gasteiger partial charge < -0.3 is 14.6 Å². The summed E-state index contributed by atoms with van der Waals surface area (Å²) in [7, 11) is 0. The number of carbonyl (C=O) groups is 1. The van der Waals surface area contributed by atoms with Crippen LogP contribution in [0.2, 0.25) is 0 Å². The molecule has 5 heteroatoms. The molecule has 0 aliphatic carbocycles. The molecular weight excluding hydrogens is 302 g/mol. The van der Waals surface area contributed by atoms with Gasteiger partial charge in [0.25, 0.3) is 5.91 Å². The Morgan fingerprint density at radius 2 is 2.29 bits per heavy atom. The van der Waals surface area contributed by atoms with E-state index in [9.17, 15) is 4.79 Å². The molecule has 2 heterocycles. The van der Waals surface area contributed by atoms with Gasteiger partial charge in [-0.3, -0.25) is 4.79 Å². The number of piperidine rings is 1. The number of carbonyl (C=O) groups excluding carboxylic acids is 1. The van der Waals surface area contributed by atoms with E-state index in [2.05, 4.69) is 9.97 Å². The zero-order chi connectivity index (χ0) is 16.9. The van der Waals surface area contributed by atoms with Crippen molar-refractivity contribution in [1.82, 2.24) is 14.9 Å². The molecule has 0 unspecified atom stereocenters. The largest absolute Gasteiger partial charge is 0.480 e. The number of rotatable bonds is 5. The van der Waals surface area contributed by atoms with Gasteiger partial charge in [0.1, 0.15) is 11.6 Å². The Hall–Kier alpha value is -2.30. The lowest BCUT2D eigenvalue weighted by Crippen LogP contribution is -2.46. The highest BCUT2D eigenvalue weighted by atomic mass is 16.5. The minimum atomic E-state index is -0.429. The predicted molar refractivity (Wildman–Crippen MR) is 93.0 cm³/mol. The fourth-order valence-electron chi connectivity index (χ4n) is 3.26. The summed E-state index contributed by atoms with van der Waals surface area (Å²) in [4.78, 5) is 22.4. The summed E-state index contributed by atoms with van der Waals surface area (Å²) in [5.74, 6) is 2.13. The maximum Gasteiger partial charge on any atom is 0.263 e. The van der Waals surface area contributed by atoms with Crippen LogP contribution in [-0.2, 0) is 4.79 Å². The molecule has 0 saturated carbocycles. The quantitative estimate of drug-likeness (QED) is 0.917. The Morgan fingerprint density at radius 1 is 1.46 bits per heavy atom. The van der Waals surface area contributed by atoms with Gasteiger partial charge in [-0.05, 0) is 37.8 Å². The van der Waals surface area contributed by atoms with Crippen LogP contribution in [0.15, 0.2) is 36.7 Å². The van der Waals surface area contributed by atoms with Crippen molar-refractivity contribution in [3.8, 4) is 5.75 Å². The van der Waals surface area contributed by atoms with Gasteiger partial charge in [-0.15, -0.1) is 0 Å². The highest BCUT2D eigenvalue weighted by Gasteiger charge is 2.30.